The molecule has 0 atom stereocenters. The number of aliphatic hydroxyl groups is 2. The Morgan fingerprint density at radius 1 is 1.29 bits per heavy atom. The van der Waals surface area contributed by atoms with Crippen molar-refractivity contribution in [2.45, 2.75) is 6.54 Å². The second-order valence-corrected chi connectivity index (χ2v) is 6.74. The molecule has 0 saturated carbocycles. The molecule has 2 rings (SSSR count). The van der Waals surface area contributed by atoms with Crippen LogP contribution >= 0.6 is 22.6 Å². The first-order valence-electron chi connectivity index (χ1n) is 8.01. The monoisotopic (exact) mass is 508 g/mol. The van der Waals surface area contributed by atoms with E-state index in [0.29, 0.717) is 8.14 Å². The molecule has 152 valence electrons. The van der Waals surface area contributed by atoms with E-state index in [1.165, 1.54) is 19.2 Å². The molecule has 12 heteroatoms. The largest absolute Gasteiger partial charge is 0.395 e. The van der Waals surface area contributed by atoms with Gasteiger partial charge in [0.05, 0.1) is 32.1 Å². The molecule has 1 aromatic carbocycles. The van der Waals surface area contributed by atoms with Gasteiger partial charge in [0.2, 0.25) is 0 Å². The Morgan fingerprint density at radius 3 is 2.61 bits per heavy atom. The van der Waals surface area contributed by atoms with E-state index in [-0.39, 0.29) is 31.3 Å². The zero-order valence-corrected chi connectivity index (χ0v) is 16.9. The SMILES string of the molecule is Cn1c(Nc2ccc(I)cc2F)c(C(=O)NOCCO)c(=O)n(CCO)c1=O. The molecule has 0 bridgehead atoms. The molecule has 28 heavy (non-hydrogen) atoms. The van der Waals surface area contributed by atoms with E-state index in [2.05, 4.69) is 5.32 Å². The van der Waals surface area contributed by atoms with Gasteiger partial charge in [0.1, 0.15) is 17.2 Å². The van der Waals surface area contributed by atoms with Crippen LogP contribution in [0.3, 0.4) is 0 Å². The number of halogens is 2. The highest BCUT2D eigenvalue weighted by Crippen LogP contribution is 2.22. The number of amides is 1. The van der Waals surface area contributed by atoms with E-state index in [1.807, 2.05) is 28.1 Å². The predicted molar refractivity (Wildman–Crippen MR) is 106 cm³/mol. The van der Waals surface area contributed by atoms with E-state index in [4.69, 9.17) is 15.1 Å². The summed E-state index contributed by atoms with van der Waals surface area (Å²) in [6.07, 6.45) is 0. The quantitative estimate of drug-likeness (QED) is 0.218. The third kappa shape index (κ3) is 4.76. The van der Waals surface area contributed by atoms with Gasteiger partial charge in [-0.1, -0.05) is 0 Å². The molecule has 4 N–H and O–H groups in total. The Balaban J connectivity index is 2.63. The van der Waals surface area contributed by atoms with E-state index in [9.17, 15) is 18.8 Å². The number of carbonyl (C=O) groups excluding carboxylic acids is 1. The van der Waals surface area contributed by atoms with E-state index in [0.717, 1.165) is 4.57 Å². The summed E-state index contributed by atoms with van der Waals surface area (Å²) < 4.78 is 16.5. The number of anilines is 2. The summed E-state index contributed by atoms with van der Waals surface area (Å²) in [6, 6.07) is 4.23. The number of hydrogen-bond acceptors (Lipinski definition) is 7. The van der Waals surface area contributed by atoms with Crippen LogP contribution in [0.25, 0.3) is 0 Å². The maximum absolute atomic E-state index is 14.2. The molecule has 0 spiro atoms. The van der Waals surface area contributed by atoms with Gasteiger partial charge in [-0.25, -0.2) is 14.7 Å². The number of carbonyl (C=O) groups is 1. The first-order valence-corrected chi connectivity index (χ1v) is 9.09. The summed E-state index contributed by atoms with van der Waals surface area (Å²) in [7, 11) is 1.29. The van der Waals surface area contributed by atoms with Crippen LogP contribution in [0.2, 0.25) is 0 Å². The highest BCUT2D eigenvalue weighted by molar-refractivity contribution is 14.1. The fourth-order valence-electron chi connectivity index (χ4n) is 2.35. The van der Waals surface area contributed by atoms with Crippen molar-refractivity contribution in [2.75, 3.05) is 25.1 Å². The third-order valence-electron chi connectivity index (χ3n) is 3.64. The zero-order valence-electron chi connectivity index (χ0n) is 14.7. The number of hydrogen-bond donors (Lipinski definition) is 4. The minimum absolute atomic E-state index is 0.0555. The highest BCUT2D eigenvalue weighted by Gasteiger charge is 2.24. The van der Waals surface area contributed by atoms with Gasteiger partial charge in [0.15, 0.2) is 0 Å². The Hall–Kier alpha value is -2.29. The second-order valence-electron chi connectivity index (χ2n) is 5.50. The Kier molecular flexibility index (Phi) is 7.68. The molecule has 1 amide bonds. The number of aliphatic hydroxyl groups excluding tert-OH is 2. The normalized spacial score (nSPS) is 10.8. The van der Waals surface area contributed by atoms with Crippen molar-refractivity contribution in [3.8, 4) is 0 Å². The van der Waals surface area contributed by atoms with Crippen LogP contribution in [0.5, 0.6) is 0 Å². The minimum atomic E-state index is -1.01. The molecule has 0 unspecified atom stereocenters. The summed E-state index contributed by atoms with van der Waals surface area (Å²) >= 11 is 1.92. The number of aromatic nitrogens is 2. The lowest BCUT2D eigenvalue weighted by Crippen LogP contribution is -2.45. The van der Waals surface area contributed by atoms with Gasteiger partial charge >= 0.3 is 5.69 Å². The molecule has 0 fully saturated rings. The summed E-state index contributed by atoms with van der Waals surface area (Å²) in [5.74, 6) is -1.91. The van der Waals surface area contributed by atoms with Crippen molar-refractivity contribution in [1.29, 1.82) is 0 Å². The molecule has 0 aliphatic rings. The minimum Gasteiger partial charge on any atom is -0.395 e. The van der Waals surface area contributed by atoms with Crippen molar-refractivity contribution in [2.24, 2.45) is 7.05 Å². The van der Waals surface area contributed by atoms with Gasteiger partial charge in [0, 0.05) is 10.6 Å². The molecule has 0 radical (unpaired) electrons. The topological polar surface area (TPSA) is 135 Å². The number of nitrogens with zero attached hydrogens (tertiary/aromatic N) is 2. The molecular weight excluding hydrogens is 490 g/mol. The highest BCUT2D eigenvalue weighted by atomic mass is 127. The number of rotatable bonds is 8. The van der Waals surface area contributed by atoms with Crippen LogP contribution in [-0.2, 0) is 18.4 Å². The first kappa shape index (κ1) is 22.0. The molecule has 2 aromatic rings. The lowest BCUT2D eigenvalue weighted by Gasteiger charge is -2.18. The summed E-state index contributed by atoms with van der Waals surface area (Å²) in [5, 5.41) is 20.4. The Morgan fingerprint density at radius 2 is 2.00 bits per heavy atom. The fraction of sp³-hybridized carbons (Fsp3) is 0.312. The summed E-state index contributed by atoms with van der Waals surface area (Å²) in [4.78, 5) is 42.3. The van der Waals surface area contributed by atoms with Crippen LogP contribution in [-0.4, -0.2) is 45.1 Å². The van der Waals surface area contributed by atoms with Crippen molar-refractivity contribution in [3.05, 3.63) is 54.0 Å². The molecule has 0 saturated heterocycles. The fourth-order valence-corrected chi connectivity index (χ4v) is 2.80. The molecular formula is C16H18FIN4O6. The van der Waals surface area contributed by atoms with E-state index >= 15 is 0 Å². The molecule has 0 aliphatic heterocycles. The zero-order chi connectivity index (χ0) is 20.8. The number of hydroxylamine groups is 1. The average Bonchev–Trinajstić information content (AvgIpc) is 2.65. The molecule has 0 aliphatic carbocycles. The van der Waals surface area contributed by atoms with Crippen LogP contribution in [0.15, 0.2) is 27.8 Å². The number of benzene rings is 1. The third-order valence-corrected chi connectivity index (χ3v) is 4.31. The van der Waals surface area contributed by atoms with Crippen molar-refractivity contribution >= 4 is 40.0 Å². The average molecular weight is 508 g/mol. The molecule has 10 nitrogen and oxygen atoms in total. The van der Waals surface area contributed by atoms with Gasteiger partial charge in [0.25, 0.3) is 11.5 Å². The smallest absolute Gasteiger partial charge is 0.332 e. The summed E-state index contributed by atoms with van der Waals surface area (Å²) in [6.45, 7) is -1.44. The predicted octanol–water partition coefficient (Wildman–Crippen LogP) is -0.320. The summed E-state index contributed by atoms with van der Waals surface area (Å²) in [5.41, 5.74) is -0.391. The van der Waals surface area contributed by atoms with Crippen molar-refractivity contribution < 1.29 is 24.2 Å². The maximum Gasteiger partial charge on any atom is 0.332 e. The van der Waals surface area contributed by atoms with Gasteiger partial charge in [-0.2, -0.15) is 0 Å². The lowest BCUT2D eigenvalue weighted by molar-refractivity contribution is 0.0167. The van der Waals surface area contributed by atoms with Crippen LogP contribution in [0.4, 0.5) is 15.9 Å². The van der Waals surface area contributed by atoms with E-state index in [1.54, 1.807) is 6.07 Å². The van der Waals surface area contributed by atoms with Gasteiger partial charge in [-0.3, -0.25) is 23.6 Å². The van der Waals surface area contributed by atoms with Gasteiger partial charge in [-0.05, 0) is 40.8 Å². The standard InChI is InChI=1S/C16H18FIN4O6/c1-21-13(19-11-3-2-9(18)8-10(11)17)12(14(25)20-28-7-6-24)15(26)22(4-5-23)16(21)27/h2-3,8,19,23-24H,4-7H2,1H3,(H,20,25). The van der Waals surface area contributed by atoms with Crippen molar-refractivity contribution in [3.63, 3.8) is 0 Å². The van der Waals surface area contributed by atoms with E-state index < -0.39 is 35.1 Å². The Labute approximate surface area is 171 Å². The maximum atomic E-state index is 14.2. The van der Waals surface area contributed by atoms with Crippen LogP contribution in [0, 0.1) is 9.39 Å². The number of nitrogens with one attached hydrogen (secondary N) is 2. The Bertz CT molecular complexity index is 990. The van der Waals surface area contributed by atoms with Crippen molar-refractivity contribution in [1.82, 2.24) is 14.6 Å². The van der Waals surface area contributed by atoms with Gasteiger partial charge < -0.3 is 15.5 Å². The van der Waals surface area contributed by atoms with Gasteiger partial charge in [-0.15, -0.1) is 0 Å². The lowest BCUT2D eigenvalue weighted by atomic mass is 10.2. The van der Waals surface area contributed by atoms with Crippen LogP contribution in [0.1, 0.15) is 10.4 Å². The van der Waals surface area contributed by atoms with Crippen LogP contribution < -0.4 is 22.0 Å². The second kappa shape index (κ2) is 9.77. The first-order chi connectivity index (χ1) is 13.3. The molecule has 1 heterocycles. The molecule has 1 aromatic heterocycles.